The maximum Gasteiger partial charge on any atom is 0.270 e. The number of likely N-dealkylation sites (N-methyl/N-ethyl adjacent to an activating group) is 1. The van der Waals surface area contributed by atoms with Crippen LogP contribution < -0.4 is 25.2 Å². The largest absolute Gasteiger partial charge is 0.476 e. The van der Waals surface area contributed by atoms with Crippen molar-refractivity contribution >= 4 is 52.2 Å². The highest BCUT2D eigenvalue weighted by Gasteiger charge is 2.40. The highest BCUT2D eigenvalue weighted by Crippen LogP contribution is 2.40. The number of nitrogens with zero attached hydrogens (tertiary/aromatic N) is 6. The molecule has 1 aromatic carbocycles. The molecule has 38 heavy (non-hydrogen) atoms. The number of benzene rings is 1. The Morgan fingerprint density at radius 1 is 1.03 bits per heavy atom. The lowest BCUT2D eigenvalue weighted by atomic mass is 10.0. The van der Waals surface area contributed by atoms with Gasteiger partial charge in [0.25, 0.3) is 5.91 Å². The molecule has 1 fully saturated rings. The Bertz CT molecular complexity index is 1310. The maximum absolute atomic E-state index is 13.0. The Morgan fingerprint density at radius 2 is 1.79 bits per heavy atom. The molecule has 2 aliphatic rings. The van der Waals surface area contributed by atoms with E-state index in [2.05, 4.69) is 42.4 Å². The van der Waals surface area contributed by atoms with Gasteiger partial charge in [-0.3, -0.25) is 4.79 Å². The highest BCUT2D eigenvalue weighted by molar-refractivity contribution is 6.32. The second-order valence-electron chi connectivity index (χ2n) is 10.1. The summed E-state index contributed by atoms with van der Waals surface area (Å²) in [5.41, 5.74) is 1.31. The Kier molecular flexibility index (Phi) is 7.27. The normalized spacial score (nSPS) is 17.1. The molecular weight excluding hydrogens is 504 g/mol. The van der Waals surface area contributed by atoms with Gasteiger partial charge >= 0.3 is 0 Å². The van der Waals surface area contributed by atoms with Crippen molar-refractivity contribution in [2.75, 3.05) is 60.2 Å². The van der Waals surface area contributed by atoms with Gasteiger partial charge in [0.1, 0.15) is 16.6 Å². The SMILES string of the molecule is CCCN1C(=O)C(C)(C)Oc2ccc(Nc3nc(Nc4ccc(N5CCN(C)CC5)nc4)ncc3Cl)cc21. The molecular formula is C27H33ClN8O2. The minimum absolute atomic E-state index is 0.0668. The summed E-state index contributed by atoms with van der Waals surface area (Å²) in [5.74, 6) is 2.38. The molecule has 1 amide bonds. The Labute approximate surface area is 228 Å². The molecule has 4 heterocycles. The van der Waals surface area contributed by atoms with Crippen molar-refractivity contribution in [2.45, 2.75) is 32.8 Å². The summed E-state index contributed by atoms with van der Waals surface area (Å²) < 4.78 is 5.98. The van der Waals surface area contributed by atoms with E-state index in [0.717, 1.165) is 55.5 Å². The number of hydrogen-bond donors (Lipinski definition) is 2. The molecule has 1 saturated heterocycles. The van der Waals surface area contributed by atoms with Crippen LogP contribution in [-0.2, 0) is 4.79 Å². The van der Waals surface area contributed by atoms with Crippen LogP contribution in [0.2, 0.25) is 5.02 Å². The van der Waals surface area contributed by atoms with Crippen molar-refractivity contribution in [1.82, 2.24) is 19.9 Å². The zero-order valence-electron chi connectivity index (χ0n) is 22.2. The van der Waals surface area contributed by atoms with Gasteiger partial charge in [0.15, 0.2) is 11.4 Å². The number of hydrogen-bond acceptors (Lipinski definition) is 9. The van der Waals surface area contributed by atoms with E-state index in [9.17, 15) is 4.79 Å². The molecule has 0 aliphatic carbocycles. The van der Waals surface area contributed by atoms with Crippen LogP contribution in [0.25, 0.3) is 0 Å². The molecule has 2 aliphatic heterocycles. The molecule has 10 nitrogen and oxygen atoms in total. The van der Waals surface area contributed by atoms with E-state index >= 15 is 0 Å². The van der Waals surface area contributed by atoms with Crippen molar-refractivity contribution < 1.29 is 9.53 Å². The summed E-state index contributed by atoms with van der Waals surface area (Å²) >= 11 is 6.42. The van der Waals surface area contributed by atoms with Crippen molar-refractivity contribution in [3.05, 3.63) is 47.7 Å². The highest BCUT2D eigenvalue weighted by atomic mass is 35.5. The van der Waals surface area contributed by atoms with E-state index in [1.807, 2.05) is 37.3 Å². The number of rotatable bonds is 7. The van der Waals surface area contributed by atoms with Gasteiger partial charge in [-0.2, -0.15) is 4.98 Å². The zero-order chi connectivity index (χ0) is 26.9. The average molecular weight is 537 g/mol. The maximum atomic E-state index is 13.0. The number of ether oxygens (including phenoxy) is 1. The first-order chi connectivity index (χ1) is 18.2. The number of fused-ring (bicyclic) bond motifs is 1. The zero-order valence-corrected chi connectivity index (χ0v) is 22.9. The number of amides is 1. The number of anilines is 6. The lowest BCUT2D eigenvalue weighted by Gasteiger charge is -2.39. The van der Waals surface area contributed by atoms with Gasteiger partial charge in [-0.25, -0.2) is 9.97 Å². The van der Waals surface area contributed by atoms with Crippen LogP contribution in [0.5, 0.6) is 5.75 Å². The smallest absolute Gasteiger partial charge is 0.270 e. The summed E-state index contributed by atoms with van der Waals surface area (Å²) in [6.45, 7) is 10.2. The monoisotopic (exact) mass is 536 g/mol. The van der Waals surface area contributed by atoms with Crippen LogP contribution >= 0.6 is 11.6 Å². The average Bonchev–Trinajstić information content (AvgIpc) is 2.90. The third kappa shape index (κ3) is 5.46. The quantitative estimate of drug-likeness (QED) is 0.446. The summed E-state index contributed by atoms with van der Waals surface area (Å²) in [5, 5.41) is 6.83. The molecule has 0 spiro atoms. The van der Waals surface area contributed by atoms with E-state index in [-0.39, 0.29) is 5.91 Å². The fraction of sp³-hybridized carbons (Fsp3) is 0.407. The van der Waals surface area contributed by atoms with Gasteiger partial charge in [-0.05, 0) is 57.6 Å². The number of piperazine rings is 1. The molecule has 2 N–H and O–H groups in total. The van der Waals surface area contributed by atoms with E-state index in [1.54, 1.807) is 31.1 Å². The van der Waals surface area contributed by atoms with E-state index in [0.29, 0.717) is 29.1 Å². The standard InChI is InChI=1S/C27H33ClN8O2/c1-5-10-36-21-15-18(6-8-22(21)38-27(2,3)25(36)37)31-24-20(28)17-30-26(33-24)32-19-7-9-23(29-16-19)35-13-11-34(4)12-14-35/h6-9,15-17H,5,10-14H2,1-4H3,(H2,30,31,32,33). The van der Waals surface area contributed by atoms with Gasteiger partial charge in [0.05, 0.1) is 23.8 Å². The molecule has 2 aromatic heterocycles. The van der Waals surface area contributed by atoms with E-state index in [4.69, 9.17) is 16.3 Å². The summed E-state index contributed by atoms with van der Waals surface area (Å²) in [6, 6.07) is 9.58. The fourth-order valence-electron chi connectivity index (χ4n) is 4.55. The first-order valence-corrected chi connectivity index (χ1v) is 13.2. The van der Waals surface area contributed by atoms with E-state index in [1.165, 1.54) is 0 Å². The number of carbonyl (C=O) groups is 1. The molecule has 5 rings (SSSR count). The van der Waals surface area contributed by atoms with E-state index < -0.39 is 5.60 Å². The summed E-state index contributed by atoms with van der Waals surface area (Å²) in [6.07, 6.45) is 4.15. The van der Waals surface area contributed by atoms with Crippen molar-refractivity contribution in [2.24, 2.45) is 0 Å². The minimum atomic E-state index is -0.912. The molecule has 200 valence electrons. The van der Waals surface area contributed by atoms with Gasteiger partial charge in [-0.1, -0.05) is 18.5 Å². The minimum Gasteiger partial charge on any atom is -0.476 e. The fourth-order valence-corrected chi connectivity index (χ4v) is 4.69. The van der Waals surface area contributed by atoms with Gasteiger partial charge < -0.3 is 30.1 Å². The molecule has 0 bridgehead atoms. The van der Waals surface area contributed by atoms with Gasteiger partial charge in [0, 0.05) is 38.4 Å². The molecule has 0 radical (unpaired) electrons. The molecule has 11 heteroatoms. The van der Waals surface area contributed by atoms with Crippen LogP contribution in [0, 0.1) is 0 Å². The predicted octanol–water partition coefficient (Wildman–Crippen LogP) is 4.68. The van der Waals surface area contributed by atoms with Crippen LogP contribution in [0.3, 0.4) is 0 Å². The lowest BCUT2D eigenvalue weighted by molar-refractivity contribution is -0.132. The second-order valence-corrected chi connectivity index (χ2v) is 10.5. The summed E-state index contributed by atoms with van der Waals surface area (Å²) in [7, 11) is 2.13. The topological polar surface area (TPSA) is 98.7 Å². The third-order valence-corrected chi connectivity index (χ3v) is 6.94. The molecule has 3 aromatic rings. The van der Waals surface area contributed by atoms with Gasteiger partial charge in [0.2, 0.25) is 5.95 Å². The van der Waals surface area contributed by atoms with Gasteiger partial charge in [-0.15, -0.1) is 0 Å². The lowest BCUT2D eigenvalue weighted by Crippen LogP contribution is -2.52. The van der Waals surface area contributed by atoms with Crippen LogP contribution in [0.4, 0.5) is 34.6 Å². The number of nitrogens with one attached hydrogen (secondary N) is 2. The summed E-state index contributed by atoms with van der Waals surface area (Å²) in [4.78, 5) is 32.9. The Balaban J connectivity index is 1.32. The molecule has 0 saturated carbocycles. The van der Waals surface area contributed by atoms with Crippen molar-refractivity contribution in [3.63, 3.8) is 0 Å². The number of pyridine rings is 1. The Morgan fingerprint density at radius 3 is 2.50 bits per heavy atom. The van der Waals surface area contributed by atoms with Crippen molar-refractivity contribution in [1.29, 1.82) is 0 Å². The number of aromatic nitrogens is 3. The Hall–Kier alpha value is -3.63. The first kappa shape index (κ1) is 26.0. The molecule has 0 unspecified atom stereocenters. The van der Waals surface area contributed by atoms with Crippen LogP contribution in [0.15, 0.2) is 42.7 Å². The van der Waals surface area contributed by atoms with Crippen LogP contribution in [-0.4, -0.2) is 71.1 Å². The molecule has 0 atom stereocenters. The predicted molar refractivity (Wildman–Crippen MR) is 151 cm³/mol. The first-order valence-electron chi connectivity index (χ1n) is 12.8. The second kappa shape index (κ2) is 10.6. The number of halogens is 1. The van der Waals surface area contributed by atoms with Crippen LogP contribution in [0.1, 0.15) is 27.2 Å². The third-order valence-electron chi connectivity index (χ3n) is 6.66. The van der Waals surface area contributed by atoms with Crippen molar-refractivity contribution in [3.8, 4) is 5.75 Å². The number of carbonyl (C=O) groups excluding carboxylic acids is 1.